The molecule has 0 aliphatic rings. The van der Waals surface area contributed by atoms with Crippen LogP contribution in [0.25, 0.3) is 0 Å². The first-order valence-corrected chi connectivity index (χ1v) is 9.88. The molecule has 2 heteroatoms. The second-order valence-electron chi connectivity index (χ2n) is 4.47. The van der Waals surface area contributed by atoms with E-state index >= 15 is 0 Å². The number of rotatable bonds is 5. The quantitative estimate of drug-likeness (QED) is 0.712. The molecule has 2 aromatic rings. The van der Waals surface area contributed by atoms with Crippen LogP contribution in [0.15, 0.2) is 60.7 Å². The van der Waals surface area contributed by atoms with Crippen LogP contribution in [0.2, 0.25) is 3.71 Å². The van der Waals surface area contributed by atoms with Gasteiger partial charge in [-0.05, 0) is 0 Å². The molecule has 0 unspecified atom stereocenters. The Morgan fingerprint density at radius 3 is 1.39 bits per heavy atom. The first-order chi connectivity index (χ1) is 8.75. The zero-order chi connectivity index (χ0) is 12.8. The predicted octanol–water partition coefficient (Wildman–Crippen LogP) is 2.45. The van der Waals surface area contributed by atoms with Gasteiger partial charge in [0.05, 0.1) is 0 Å². The zero-order valence-electron chi connectivity index (χ0n) is 10.7. The van der Waals surface area contributed by atoms with E-state index < -0.39 is 0 Å². The summed E-state index contributed by atoms with van der Waals surface area (Å²) in [6.45, 7) is 4.72. The third-order valence-electron chi connectivity index (χ3n) is 2.54. The van der Waals surface area contributed by atoms with Gasteiger partial charge in [0.2, 0.25) is 0 Å². The molecule has 0 N–H and O–H groups in total. The first-order valence-electron chi connectivity index (χ1n) is 6.19. The third kappa shape index (κ3) is 4.30. The van der Waals surface area contributed by atoms with Crippen LogP contribution in [0.5, 0.6) is 0 Å². The van der Waals surface area contributed by atoms with E-state index in [9.17, 15) is 0 Å². The van der Waals surface area contributed by atoms with Crippen molar-refractivity contribution in [1.82, 2.24) is 0 Å². The summed E-state index contributed by atoms with van der Waals surface area (Å²) in [5, 5.41) is 0. The summed E-state index contributed by atoms with van der Waals surface area (Å²) < 4.78 is 3.90. The normalized spacial score (nSPS) is 11.1. The molecule has 94 valence electrons. The molecule has 0 nitrogen and oxygen atoms in total. The van der Waals surface area contributed by atoms with Crippen LogP contribution >= 0.6 is 0 Å². The molecule has 2 aromatic carbocycles. The molecule has 0 aliphatic carbocycles. The summed E-state index contributed by atoms with van der Waals surface area (Å²) >= 11 is 1.18. The van der Waals surface area contributed by atoms with Gasteiger partial charge in [-0.1, -0.05) is 0 Å². The molecule has 0 fully saturated rings. The summed E-state index contributed by atoms with van der Waals surface area (Å²) in [6.07, 6.45) is 0. The fourth-order valence-corrected chi connectivity index (χ4v) is 8.20. The maximum atomic E-state index is 2.36. The molecule has 0 saturated heterocycles. The fraction of sp³-hybridized carbons (Fsp3) is 0.250. The molecule has 0 bridgehead atoms. The van der Waals surface area contributed by atoms with Crippen molar-refractivity contribution < 1.29 is 0 Å². The van der Waals surface area contributed by atoms with E-state index in [1.165, 1.54) is 8.92 Å². The SMILES string of the molecule is CC(C)C([Se]c1ccccc1)[Se]c1ccccc1. The summed E-state index contributed by atoms with van der Waals surface area (Å²) in [7, 11) is 0. The van der Waals surface area contributed by atoms with E-state index in [0.29, 0.717) is 29.9 Å². The Hall–Kier alpha value is -0.521. The van der Waals surface area contributed by atoms with Crippen molar-refractivity contribution in [2.75, 3.05) is 0 Å². The fourth-order valence-electron chi connectivity index (χ4n) is 1.56. The van der Waals surface area contributed by atoms with Gasteiger partial charge in [0.25, 0.3) is 0 Å². The van der Waals surface area contributed by atoms with Crippen molar-refractivity contribution in [3.05, 3.63) is 60.7 Å². The van der Waals surface area contributed by atoms with Crippen LogP contribution < -0.4 is 8.92 Å². The monoisotopic (exact) mass is 370 g/mol. The molecule has 0 saturated carbocycles. The van der Waals surface area contributed by atoms with Crippen molar-refractivity contribution in [1.29, 1.82) is 0 Å². The van der Waals surface area contributed by atoms with Gasteiger partial charge in [-0.25, -0.2) is 0 Å². The Bertz CT molecular complexity index is 410. The van der Waals surface area contributed by atoms with Gasteiger partial charge >= 0.3 is 123 Å². The molecule has 0 spiro atoms. The van der Waals surface area contributed by atoms with E-state index in [2.05, 4.69) is 74.5 Å². The van der Waals surface area contributed by atoms with Gasteiger partial charge in [0.1, 0.15) is 0 Å². The molecule has 0 atom stereocenters. The first kappa shape index (κ1) is 13.9. The molecule has 0 aliphatic heterocycles. The number of hydrogen-bond donors (Lipinski definition) is 0. The van der Waals surface area contributed by atoms with Crippen LogP contribution in [0.4, 0.5) is 0 Å². The second-order valence-corrected chi connectivity index (χ2v) is 11.1. The van der Waals surface area contributed by atoms with Gasteiger partial charge in [0.15, 0.2) is 0 Å². The van der Waals surface area contributed by atoms with Crippen molar-refractivity contribution >= 4 is 38.8 Å². The molecule has 18 heavy (non-hydrogen) atoms. The second kappa shape index (κ2) is 7.16. The molecular weight excluding hydrogens is 350 g/mol. The van der Waals surface area contributed by atoms with Gasteiger partial charge < -0.3 is 0 Å². The van der Waals surface area contributed by atoms with Crippen LogP contribution in [0.3, 0.4) is 0 Å². The third-order valence-corrected chi connectivity index (χ3v) is 10.2. The average molecular weight is 368 g/mol. The maximum absolute atomic E-state index is 2.36. The summed E-state index contributed by atoms with van der Waals surface area (Å²) in [4.78, 5) is 0. The van der Waals surface area contributed by atoms with Crippen LogP contribution in [0.1, 0.15) is 13.8 Å². The molecule has 0 aromatic heterocycles. The average Bonchev–Trinajstić information content (AvgIpc) is 2.40. The van der Waals surface area contributed by atoms with E-state index in [0.717, 1.165) is 9.63 Å². The molecule has 2 rings (SSSR count). The number of benzene rings is 2. The van der Waals surface area contributed by atoms with E-state index in [4.69, 9.17) is 0 Å². The minimum atomic E-state index is 0.589. The van der Waals surface area contributed by atoms with E-state index in [1.807, 2.05) is 0 Å². The Balaban J connectivity index is 2.05. The standard InChI is InChI=1S/C16H18Se2/c1-13(2)16(17-14-9-5-3-6-10-14)18-15-11-7-4-8-12-15/h3-13,16H,1-2H3. The topological polar surface area (TPSA) is 0 Å². The van der Waals surface area contributed by atoms with Crippen molar-refractivity contribution in [2.45, 2.75) is 17.6 Å². The number of hydrogen-bond acceptors (Lipinski definition) is 0. The minimum absolute atomic E-state index is 0.589. The Kier molecular flexibility index (Phi) is 5.53. The van der Waals surface area contributed by atoms with Crippen molar-refractivity contribution in [2.24, 2.45) is 5.92 Å². The van der Waals surface area contributed by atoms with E-state index in [1.54, 1.807) is 0 Å². The Labute approximate surface area is 123 Å². The molecule has 0 radical (unpaired) electrons. The molecule has 0 amide bonds. The van der Waals surface area contributed by atoms with Crippen molar-refractivity contribution in [3.63, 3.8) is 0 Å². The van der Waals surface area contributed by atoms with Gasteiger partial charge in [-0.15, -0.1) is 0 Å². The van der Waals surface area contributed by atoms with Gasteiger partial charge in [0, 0.05) is 0 Å². The van der Waals surface area contributed by atoms with Gasteiger partial charge in [-0.3, -0.25) is 0 Å². The van der Waals surface area contributed by atoms with Crippen molar-refractivity contribution in [3.8, 4) is 0 Å². The van der Waals surface area contributed by atoms with Crippen LogP contribution in [-0.4, -0.2) is 29.9 Å². The Morgan fingerprint density at radius 1 is 0.667 bits per heavy atom. The van der Waals surface area contributed by atoms with Gasteiger partial charge in [-0.2, -0.15) is 0 Å². The zero-order valence-corrected chi connectivity index (χ0v) is 14.2. The van der Waals surface area contributed by atoms with E-state index in [-0.39, 0.29) is 0 Å². The van der Waals surface area contributed by atoms with Crippen LogP contribution in [-0.2, 0) is 0 Å². The molecule has 0 heterocycles. The summed E-state index contributed by atoms with van der Waals surface area (Å²) in [5.41, 5.74) is 0. The summed E-state index contributed by atoms with van der Waals surface area (Å²) in [5.74, 6) is 0.769. The predicted molar refractivity (Wildman–Crippen MR) is 82.2 cm³/mol. The Morgan fingerprint density at radius 2 is 1.06 bits per heavy atom. The summed E-state index contributed by atoms with van der Waals surface area (Å²) in [6, 6.07) is 21.9. The van der Waals surface area contributed by atoms with Crippen LogP contribution in [0, 0.1) is 5.92 Å². The molecular formula is C16H18Se2.